The molecule has 24 atom stereocenters. The van der Waals surface area contributed by atoms with Crippen molar-refractivity contribution in [1.29, 1.82) is 0 Å². The third-order valence-electron chi connectivity index (χ3n) is 12.9. The van der Waals surface area contributed by atoms with E-state index in [1.165, 1.54) is 13.8 Å². The van der Waals surface area contributed by atoms with E-state index in [4.69, 9.17) is 47.4 Å². The molecule has 12 N–H and O–H groups in total. The second-order valence-electron chi connectivity index (χ2n) is 18.1. The van der Waals surface area contributed by atoms with E-state index in [2.05, 4.69) is 0 Å². The van der Waals surface area contributed by atoms with Gasteiger partial charge in [0.05, 0.1) is 32.0 Å². The number of aliphatic hydroxyl groups is 12. The lowest BCUT2D eigenvalue weighted by atomic mass is 9.80. The van der Waals surface area contributed by atoms with E-state index in [0.29, 0.717) is 19.1 Å². The Hall–Kier alpha value is -1.21. The molecule has 14 unspecified atom stereocenters. The van der Waals surface area contributed by atoms with Crippen LogP contribution in [0.4, 0.5) is 0 Å². The molecule has 0 spiro atoms. The summed E-state index contributed by atoms with van der Waals surface area (Å²) in [6.07, 6.45) is -35.4. The molecule has 23 heteroatoms. The van der Waals surface area contributed by atoms with Gasteiger partial charge >= 0.3 is 0 Å². The van der Waals surface area contributed by atoms with Gasteiger partial charge < -0.3 is 113 Å². The maximum atomic E-state index is 12.9. The van der Waals surface area contributed by atoms with Crippen molar-refractivity contribution >= 4 is 6.29 Å². The summed E-state index contributed by atoms with van der Waals surface area (Å²) in [7, 11) is 0. The van der Waals surface area contributed by atoms with Crippen LogP contribution in [0.1, 0.15) is 73.6 Å². The quantitative estimate of drug-likeness (QED) is 0.0576. The standard InChI is InChI=1S/C40H70O23/c1-7-9-40(15-42,11-10-39(5,6)8-2)63-38-33(25(49)21(45)16(3)56-38)62-36-29(53)32(30(17(4)57-36)59-34-26(50)22(46)18(43)13-54-34)61-37-28(52)31(24(48)20(12-41)58-37)60-35-27(51)23(47)19(44)14-55-35/h15-38,41,43-53H,7-14H2,1-6H3/t16?,17?,18-,19-,20?,21+,22?,23?,24-,25?,26?,27?,28?,29+,30+,31?,32?,33?,34+,35+,36?,37+,38+,40?/m1/s1. The summed E-state index contributed by atoms with van der Waals surface area (Å²) in [5, 5.41) is 129. The summed E-state index contributed by atoms with van der Waals surface area (Å²) in [5.41, 5.74) is -1.58. The van der Waals surface area contributed by atoms with Gasteiger partial charge in [-0.2, -0.15) is 0 Å². The molecule has 0 aromatic heterocycles. The molecule has 0 aliphatic carbocycles. The average molecular weight is 919 g/mol. The van der Waals surface area contributed by atoms with Gasteiger partial charge in [-0.1, -0.05) is 40.5 Å². The van der Waals surface area contributed by atoms with E-state index in [-0.39, 0.29) is 18.3 Å². The molecule has 0 saturated carbocycles. The fraction of sp³-hybridized carbons (Fsp3) is 0.975. The largest absolute Gasteiger partial charge is 0.394 e. The zero-order chi connectivity index (χ0) is 46.7. The van der Waals surface area contributed by atoms with E-state index in [0.717, 1.165) is 6.42 Å². The van der Waals surface area contributed by atoms with Crippen molar-refractivity contribution in [2.45, 2.75) is 221 Å². The van der Waals surface area contributed by atoms with Crippen LogP contribution in [-0.2, 0) is 52.2 Å². The van der Waals surface area contributed by atoms with Crippen molar-refractivity contribution in [3.05, 3.63) is 0 Å². The second kappa shape index (κ2) is 22.3. The van der Waals surface area contributed by atoms with Crippen LogP contribution in [0.15, 0.2) is 0 Å². The van der Waals surface area contributed by atoms with Gasteiger partial charge in [0, 0.05) is 0 Å². The first-order chi connectivity index (χ1) is 29.6. The Labute approximate surface area is 365 Å². The molecule has 5 fully saturated rings. The molecule has 5 heterocycles. The first kappa shape index (κ1) is 52.8. The van der Waals surface area contributed by atoms with Crippen molar-refractivity contribution in [1.82, 2.24) is 0 Å². The highest BCUT2D eigenvalue weighted by atomic mass is 16.8. The van der Waals surface area contributed by atoms with Crippen molar-refractivity contribution in [2.75, 3.05) is 19.8 Å². The highest BCUT2D eigenvalue weighted by Gasteiger charge is 2.57. The zero-order valence-corrected chi connectivity index (χ0v) is 36.4. The van der Waals surface area contributed by atoms with Crippen molar-refractivity contribution in [3.63, 3.8) is 0 Å². The van der Waals surface area contributed by atoms with E-state index in [1.807, 2.05) is 27.7 Å². The lowest BCUT2D eigenvalue weighted by molar-refractivity contribution is -0.403. The minimum absolute atomic E-state index is 0.161. The second-order valence-corrected chi connectivity index (χ2v) is 18.1. The van der Waals surface area contributed by atoms with E-state index in [9.17, 15) is 66.1 Å². The molecule has 0 radical (unpaired) electrons. The van der Waals surface area contributed by atoms with E-state index >= 15 is 0 Å². The number of ether oxygens (including phenoxy) is 10. The van der Waals surface area contributed by atoms with Crippen LogP contribution in [-0.4, -0.2) is 234 Å². The highest BCUT2D eigenvalue weighted by Crippen LogP contribution is 2.39. The van der Waals surface area contributed by atoms with Crippen LogP contribution >= 0.6 is 0 Å². The summed E-state index contributed by atoms with van der Waals surface area (Å²) in [4.78, 5) is 12.9. The third kappa shape index (κ3) is 11.9. The normalized spacial score (nSPS) is 47.5. The zero-order valence-electron chi connectivity index (χ0n) is 36.4. The Morgan fingerprint density at radius 3 is 1.59 bits per heavy atom. The van der Waals surface area contributed by atoms with Gasteiger partial charge in [-0.3, -0.25) is 0 Å². The summed E-state index contributed by atoms with van der Waals surface area (Å²) < 4.78 is 59.0. The summed E-state index contributed by atoms with van der Waals surface area (Å²) in [6.45, 7) is 9.02. The van der Waals surface area contributed by atoms with Crippen LogP contribution in [0.25, 0.3) is 0 Å². The van der Waals surface area contributed by atoms with E-state index in [1.54, 1.807) is 0 Å². The monoisotopic (exact) mass is 918 g/mol. The molecular weight excluding hydrogens is 848 g/mol. The maximum absolute atomic E-state index is 12.9. The Kier molecular flexibility index (Phi) is 18.6. The van der Waals surface area contributed by atoms with Crippen molar-refractivity contribution in [2.24, 2.45) is 5.41 Å². The number of hydrogen-bond acceptors (Lipinski definition) is 23. The Bertz CT molecular complexity index is 1410. The summed E-state index contributed by atoms with van der Waals surface area (Å²) >= 11 is 0. The fourth-order valence-corrected chi connectivity index (χ4v) is 8.20. The minimum Gasteiger partial charge on any atom is -0.394 e. The number of aldehydes is 1. The summed E-state index contributed by atoms with van der Waals surface area (Å²) in [6, 6.07) is 0. The van der Waals surface area contributed by atoms with Crippen LogP contribution in [0, 0.1) is 5.41 Å². The topological polar surface area (TPSA) is 352 Å². The van der Waals surface area contributed by atoms with Crippen LogP contribution in [0.3, 0.4) is 0 Å². The molecular formula is C40H70O23. The Balaban J connectivity index is 1.45. The molecule has 0 bridgehead atoms. The van der Waals surface area contributed by atoms with Gasteiger partial charge in [0.25, 0.3) is 0 Å². The number of carbonyl (C=O) groups is 1. The number of rotatable bonds is 18. The molecule has 5 aliphatic rings. The van der Waals surface area contributed by atoms with Gasteiger partial charge in [-0.25, -0.2) is 0 Å². The van der Waals surface area contributed by atoms with Crippen molar-refractivity contribution in [3.8, 4) is 0 Å². The SMILES string of the molecule is CCCC(C=O)(CCC(C)(C)CC)O[C@@H]1OC(C)[C@H](O)C(O)C1OC1OC(C)[C@H](O[C@@H]2OC[C@@H](O)C(O)C2O)C(O[C@@H]2OC(CO)[C@@H](O)C(O[C@@H]3OC[C@@H](O)C(O)C3O)C2O)[C@@H]1O. The average Bonchev–Trinajstić information content (AvgIpc) is 3.25. The van der Waals surface area contributed by atoms with Gasteiger partial charge in [0.2, 0.25) is 0 Å². The molecule has 0 aromatic rings. The smallest absolute Gasteiger partial charge is 0.188 e. The predicted octanol–water partition coefficient (Wildman–Crippen LogP) is -4.61. The molecule has 5 rings (SSSR count). The summed E-state index contributed by atoms with van der Waals surface area (Å²) in [5.74, 6) is 0. The minimum atomic E-state index is -2.03. The molecule has 5 saturated heterocycles. The van der Waals surface area contributed by atoms with Gasteiger partial charge in [-0.15, -0.1) is 0 Å². The molecule has 368 valence electrons. The first-order valence-electron chi connectivity index (χ1n) is 21.7. The lowest BCUT2D eigenvalue weighted by Gasteiger charge is -2.50. The van der Waals surface area contributed by atoms with E-state index < -0.39 is 167 Å². The molecule has 23 nitrogen and oxygen atoms in total. The number of aliphatic hydroxyl groups excluding tert-OH is 12. The molecule has 5 aliphatic heterocycles. The van der Waals surface area contributed by atoms with Crippen molar-refractivity contribution < 1.29 is 113 Å². The fourth-order valence-electron chi connectivity index (χ4n) is 8.20. The van der Waals surface area contributed by atoms with Gasteiger partial charge in [0.15, 0.2) is 37.7 Å². The van der Waals surface area contributed by atoms with Crippen LogP contribution in [0.5, 0.6) is 0 Å². The third-order valence-corrected chi connectivity index (χ3v) is 12.9. The molecule has 63 heavy (non-hydrogen) atoms. The number of hydrogen-bond donors (Lipinski definition) is 12. The predicted molar refractivity (Wildman–Crippen MR) is 208 cm³/mol. The highest BCUT2D eigenvalue weighted by molar-refractivity contribution is 5.62. The van der Waals surface area contributed by atoms with Gasteiger partial charge in [-0.05, 0) is 38.5 Å². The van der Waals surface area contributed by atoms with Gasteiger partial charge in [0.1, 0.15) is 103 Å². The first-order valence-corrected chi connectivity index (χ1v) is 21.7. The molecule has 0 amide bonds. The number of carbonyl (C=O) groups excluding carboxylic acids is 1. The Morgan fingerprint density at radius 2 is 1.05 bits per heavy atom. The maximum Gasteiger partial charge on any atom is 0.188 e. The van der Waals surface area contributed by atoms with Crippen LogP contribution < -0.4 is 0 Å². The lowest BCUT2D eigenvalue weighted by Crippen LogP contribution is -2.68. The van der Waals surface area contributed by atoms with Crippen LogP contribution in [0.2, 0.25) is 0 Å². The Morgan fingerprint density at radius 1 is 0.540 bits per heavy atom. The molecule has 0 aromatic carbocycles.